The molecule has 3 rings (SSSR count). The molecule has 0 aliphatic carbocycles. The molecule has 1 aromatic rings. The molecule has 0 saturated carbocycles. The highest BCUT2D eigenvalue weighted by molar-refractivity contribution is 5.64. The number of aromatic nitrogens is 2. The maximum atomic E-state index is 10.2. The largest absolute Gasteiger partial charge is 0.390 e. The summed E-state index contributed by atoms with van der Waals surface area (Å²) in [6.07, 6.45) is 4.76. The Morgan fingerprint density at radius 3 is 3.00 bits per heavy atom. The standard InChI is InChI=1S/C15H23N3O3/c1-9(2)6-12-11(20)7-13(21-12)18-8-17-14-10(19)4-3-5-16-15(14)18/h5,8-13,19-20H,3-4,6-7H2,1-2H3/t10-,11+,12-,13-/m1/s1. The van der Waals surface area contributed by atoms with Crippen molar-refractivity contribution in [3.05, 3.63) is 12.0 Å². The van der Waals surface area contributed by atoms with E-state index in [9.17, 15) is 10.2 Å². The van der Waals surface area contributed by atoms with Gasteiger partial charge in [-0.1, -0.05) is 13.8 Å². The lowest BCUT2D eigenvalue weighted by Gasteiger charge is -2.18. The topological polar surface area (TPSA) is 79.9 Å². The van der Waals surface area contributed by atoms with Gasteiger partial charge in [-0.05, 0) is 25.2 Å². The Hall–Kier alpha value is -1.24. The third-order valence-corrected chi connectivity index (χ3v) is 4.11. The van der Waals surface area contributed by atoms with Crippen molar-refractivity contribution in [1.82, 2.24) is 9.55 Å². The quantitative estimate of drug-likeness (QED) is 0.894. The van der Waals surface area contributed by atoms with Crippen molar-refractivity contribution in [3.8, 4) is 0 Å². The van der Waals surface area contributed by atoms with Crippen molar-refractivity contribution >= 4 is 12.0 Å². The minimum Gasteiger partial charge on any atom is -0.390 e. The van der Waals surface area contributed by atoms with Crippen LogP contribution in [0.1, 0.15) is 57.6 Å². The fourth-order valence-electron chi connectivity index (χ4n) is 3.03. The summed E-state index contributed by atoms with van der Waals surface area (Å²) < 4.78 is 7.83. The van der Waals surface area contributed by atoms with Crippen LogP contribution in [0.15, 0.2) is 11.3 Å². The summed E-state index contributed by atoms with van der Waals surface area (Å²) in [4.78, 5) is 8.70. The highest BCUT2D eigenvalue weighted by Gasteiger charge is 2.36. The van der Waals surface area contributed by atoms with Crippen LogP contribution in [0.2, 0.25) is 0 Å². The summed E-state index contributed by atoms with van der Waals surface area (Å²) in [7, 11) is 0. The van der Waals surface area contributed by atoms with Gasteiger partial charge < -0.3 is 14.9 Å². The van der Waals surface area contributed by atoms with Crippen LogP contribution in [0, 0.1) is 5.92 Å². The van der Waals surface area contributed by atoms with Crippen LogP contribution in [0.3, 0.4) is 0 Å². The number of rotatable bonds is 3. The van der Waals surface area contributed by atoms with E-state index in [4.69, 9.17) is 4.74 Å². The molecule has 6 heteroatoms. The molecular formula is C15H23N3O3. The van der Waals surface area contributed by atoms with E-state index in [2.05, 4.69) is 23.8 Å². The van der Waals surface area contributed by atoms with E-state index in [0.717, 1.165) is 12.8 Å². The Labute approximate surface area is 124 Å². The Morgan fingerprint density at radius 2 is 2.24 bits per heavy atom. The van der Waals surface area contributed by atoms with Gasteiger partial charge in [0, 0.05) is 12.6 Å². The lowest BCUT2D eigenvalue weighted by atomic mass is 10.0. The molecule has 1 aromatic heterocycles. The number of ether oxygens (including phenoxy) is 1. The van der Waals surface area contributed by atoms with Gasteiger partial charge in [-0.3, -0.25) is 4.57 Å². The highest BCUT2D eigenvalue weighted by atomic mass is 16.5. The minimum atomic E-state index is -0.582. The molecule has 2 N–H and O–H groups in total. The Bertz CT molecular complexity index is 526. The summed E-state index contributed by atoms with van der Waals surface area (Å²) in [5.41, 5.74) is 0.606. The molecule has 1 fully saturated rings. The van der Waals surface area contributed by atoms with Crippen LogP contribution in [0.4, 0.5) is 5.82 Å². The molecule has 2 aliphatic heterocycles. The van der Waals surface area contributed by atoms with Crippen molar-refractivity contribution in [3.63, 3.8) is 0 Å². The molecule has 0 amide bonds. The zero-order chi connectivity index (χ0) is 15.0. The molecule has 0 spiro atoms. The molecule has 1 saturated heterocycles. The van der Waals surface area contributed by atoms with Crippen LogP contribution < -0.4 is 0 Å². The second-order valence-electron chi connectivity index (χ2n) is 6.33. The van der Waals surface area contributed by atoms with Gasteiger partial charge in [-0.15, -0.1) is 0 Å². The van der Waals surface area contributed by atoms with Gasteiger partial charge in [0.15, 0.2) is 5.82 Å². The van der Waals surface area contributed by atoms with Gasteiger partial charge in [0.1, 0.15) is 18.0 Å². The second kappa shape index (κ2) is 5.87. The molecule has 0 bridgehead atoms. The van der Waals surface area contributed by atoms with E-state index in [1.165, 1.54) is 0 Å². The van der Waals surface area contributed by atoms with Gasteiger partial charge in [0.05, 0.1) is 18.5 Å². The second-order valence-corrected chi connectivity index (χ2v) is 6.33. The van der Waals surface area contributed by atoms with Gasteiger partial charge in [0.25, 0.3) is 0 Å². The number of hydrogen-bond donors (Lipinski definition) is 2. The monoisotopic (exact) mass is 293 g/mol. The molecule has 21 heavy (non-hydrogen) atoms. The van der Waals surface area contributed by atoms with Gasteiger partial charge in [-0.2, -0.15) is 0 Å². The van der Waals surface area contributed by atoms with Crippen molar-refractivity contribution in [2.45, 2.75) is 64.1 Å². The van der Waals surface area contributed by atoms with Crippen LogP contribution in [-0.4, -0.2) is 38.2 Å². The summed E-state index contributed by atoms with van der Waals surface area (Å²) >= 11 is 0. The Balaban J connectivity index is 1.82. The number of aliphatic imine (C=N–C) groups is 1. The number of fused-ring (bicyclic) bond motifs is 1. The fraction of sp³-hybridized carbons (Fsp3) is 0.733. The van der Waals surface area contributed by atoms with Crippen LogP contribution in [0.25, 0.3) is 0 Å². The van der Waals surface area contributed by atoms with Crippen molar-refractivity contribution < 1.29 is 14.9 Å². The van der Waals surface area contributed by atoms with Gasteiger partial charge in [0.2, 0.25) is 0 Å². The number of aliphatic hydroxyl groups excluding tert-OH is 2. The number of nitrogens with zero attached hydrogens (tertiary/aromatic N) is 3. The molecule has 0 aromatic carbocycles. The zero-order valence-corrected chi connectivity index (χ0v) is 12.5. The number of hydrogen-bond acceptors (Lipinski definition) is 5. The fourth-order valence-corrected chi connectivity index (χ4v) is 3.03. The first-order valence-corrected chi connectivity index (χ1v) is 7.67. The third kappa shape index (κ3) is 2.88. The first-order chi connectivity index (χ1) is 10.1. The number of aliphatic hydroxyl groups is 2. The Kier molecular flexibility index (Phi) is 4.10. The lowest BCUT2D eigenvalue weighted by Crippen LogP contribution is -2.22. The zero-order valence-electron chi connectivity index (χ0n) is 12.5. The predicted molar refractivity (Wildman–Crippen MR) is 78.6 cm³/mol. The van der Waals surface area contributed by atoms with E-state index < -0.39 is 12.2 Å². The van der Waals surface area contributed by atoms with Crippen LogP contribution in [0.5, 0.6) is 0 Å². The van der Waals surface area contributed by atoms with Crippen molar-refractivity contribution in [2.24, 2.45) is 10.9 Å². The maximum Gasteiger partial charge on any atom is 0.160 e. The molecule has 0 radical (unpaired) electrons. The summed E-state index contributed by atoms with van der Waals surface area (Å²) in [5, 5.41) is 20.2. The van der Waals surface area contributed by atoms with Crippen molar-refractivity contribution in [2.75, 3.05) is 0 Å². The molecule has 2 aliphatic rings. The maximum absolute atomic E-state index is 10.2. The van der Waals surface area contributed by atoms with Crippen LogP contribution in [-0.2, 0) is 4.74 Å². The SMILES string of the molecule is CC(C)C[C@H]1O[C@@H](n2cnc3c2N=CCC[C@H]3O)C[C@@H]1O. The van der Waals surface area contributed by atoms with E-state index in [0.29, 0.717) is 30.3 Å². The predicted octanol–water partition coefficient (Wildman–Crippen LogP) is 2.11. The molecule has 4 atom stereocenters. The Morgan fingerprint density at radius 1 is 1.43 bits per heavy atom. The number of imidazole rings is 1. The third-order valence-electron chi connectivity index (χ3n) is 4.11. The highest BCUT2D eigenvalue weighted by Crippen LogP contribution is 2.38. The van der Waals surface area contributed by atoms with E-state index in [-0.39, 0.29) is 12.3 Å². The van der Waals surface area contributed by atoms with E-state index in [1.807, 2.05) is 10.8 Å². The summed E-state index contributed by atoms with van der Waals surface area (Å²) in [5.74, 6) is 1.13. The molecule has 6 nitrogen and oxygen atoms in total. The van der Waals surface area contributed by atoms with E-state index in [1.54, 1.807) is 6.33 Å². The van der Waals surface area contributed by atoms with Gasteiger partial charge >= 0.3 is 0 Å². The van der Waals surface area contributed by atoms with Gasteiger partial charge in [-0.25, -0.2) is 9.98 Å². The van der Waals surface area contributed by atoms with Crippen molar-refractivity contribution in [1.29, 1.82) is 0 Å². The normalized spacial score (nSPS) is 32.4. The molecule has 116 valence electrons. The smallest absolute Gasteiger partial charge is 0.160 e. The minimum absolute atomic E-state index is 0.146. The first kappa shape index (κ1) is 14.7. The van der Waals surface area contributed by atoms with E-state index >= 15 is 0 Å². The average molecular weight is 293 g/mol. The summed E-state index contributed by atoms with van der Waals surface area (Å²) in [6.45, 7) is 4.24. The molecule has 3 heterocycles. The summed E-state index contributed by atoms with van der Waals surface area (Å²) in [6, 6.07) is 0. The first-order valence-electron chi connectivity index (χ1n) is 7.67. The molecular weight excluding hydrogens is 270 g/mol. The van der Waals surface area contributed by atoms with Crippen LogP contribution >= 0.6 is 0 Å². The average Bonchev–Trinajstić information content (AvgIpc) is 2.93. The molecule has 0 unspecified atom stereocenters. The lowest BCUT2D eigenvalue weighted by molar-refractivity contribution is -0.0272.